The second-order valence-corrected chi connectivity index (χ2v) is 7.88. The van der Waals surface area contributed by atoms with Crippen molar-refractivity contribution in [2.45, 2.75) is 53.0 Å². The van der Waals surface area contributed by atoms with Crippen LogP contribution >= 0.6 is 0 Å². The largest absolute Gasteiger partial charge is 0.490 e. The first-order chi connectivity index (χ1) is 13.4. The molecule has 0 amide bonds. The molecule has 2 rings (SSSR count). The van der Waals surface area contributed by atoms with E-state index in [1.807, 2.05) is 26.1 Å². The van der Waals surface area contributed by atoms with Crippen molar-refractivity contribution in [2.75, 3.05) is 26.9 Å². The molecule has 4 heteroatoms. The average Bonchev–Trinajstić information content (AvgIpc) is 2.66. The topological polar surface area (TPSA) is 39.7 Å². The summed E-state index contributed by atoms with van der Waals surface area (Å²) in [6.07, 6.45) is 1.02. The predicted octanol–water partition coefficient (Wildman–Crippen LogP) is 5.12. The molecule has 0 radical (unpaired) electrons. The molecule has 0 spiro atoms. The number of aryl methyl sites for hydroxylation is 1. The van der Waals surface area contributed by atoms with Gasteiger partial charge in [0.2, 0.25) is 0 Å². The molecule has 0 aliphatic carbocycles. The molecule has 0 aliphatic heterocycles. The molecule has 0 atom stereocenters. The monoisotopic (exact) mass is 385 g/mol. The first-order valence-corrected chi connectivity index (χ1v) is 10.2. The van der Waals surface area contributed by atoms with Gasteiger partial charge in [0.1, 0.15) is 19.0 Å². The van der Waals surface area contributed by atoms with Gasteiger partial charge in [0.05, 0.1) is 6.61 Å². The van der Waals surface area contributed by atoms with Gasteiger partial charge in [-0.25, -0.2) is 0 Å². The highest BCUT2D eigenvalue weighted by molar-refractivity contribution is 5.43. The third-order valence-electron chi connectivity index (χ3n) is 4.55. The van der Waals surface area contributed by atoms with Crippen molar-refractivity contribution in [1.29, 1.82) is 0 Å². The maximum atomic E-state index is 6.07. The minimum Gasteiger partial charge on any atom is -0.490 e. The maximum absolute atomic E-state index is 6.07. The molecule has 0 aromatic heterocycles. The highest BCUT2D eigenvalue weighted by Gasteiger charge is 2.19. The zero-order chi connectivity index (χ0) is 20.6. The van der Waals surface area contributed by atoms with Crippen LogP contribution in [0.25, 0.3) is 0 Å². The van der Waals surface area contributed by atoms with Gasteiger partial charge in [0.25, 0.3) is 0 Å². The van der Waals surface area contributed by atoms with Gasteiger partial charge in [0.15, 0.2) is 11.5 Å². The Hall–Kier alpha value is -2.20. The minimum atomic E-state index is 0.0344. The van der Waals surface area contributed by atoms with Crippen LogP contribution < -0.4 is 19.5 Å². The zero-order valence-corrected chi connectivity index (χ0v) is 18.2. The van der Waals surface area contributed by atoms with E-state index >= 15 is 0 Å². The molecule has 0 heterocycles. The van der Waals surface area contributed by atoms with Gasteiger partial charge in [-0.1, -0.05) is 45.9 Å². The molecule has 4 nitrogen and oxygen atoms in total. The third-order valence-corrected chi connectivity index (χ3v) is 4.55. The Morgan fingerprint density at radius 1 is 0.786 bits per heavy atom. The van der Waals surface area contributed by atoms with Crippen LogP contribution in [0.3, 0.4) is 0 Å². The summed E-state index contributed by atoms with van der Waals surface area (Å²) in [5, 5.41) is 3.15. The van der Waals surface area contributed by atoms with Crippen LogP contribution in [0.1, 0.15) is 51.3 Å². The molecule has 154 valence electrons. The van der Waals surface area contributed by atoms with E-state index in [1.54, 1.807) is 0 Å². The second kappa shape index (κ2) is 10.4. The normalized spacial score (nSPS) is 11.4. The van der Waals surface area contributed by atoms with Crippen molar-refractivity contribution < 1.29 is 14.2 Å². The molecule has 0 saturated carbocycles. The number of benzene rings is 2. The fourth-order valence-corrected chi connectivity index (χ4v) is 3.07. The van der Waals surface area contributed by atoms with Crippen molar-refractivity contribution in [3.05, 3.63) is 53.1 Å². The molecule has 28 heavy (non-hydrogen) atoms. The van der Waals surface area contributed by atoms with E-state index in [9.17, 15) is 0 Å². The summed E-state index contributed by atoms with van der Waals surface area (Å²) in [5.41, 5.74) is 3.77. The van der Waals surface area contributed by atoms with Crippen LogP contribution in [0.5, 0.6) is 17.2 Å². The smallest absolute Gasteiger partial charge is 0.161 e. The van der Waals surface area contributed by atoms with Crippen molar-refractivity contribution in [3.63, 3.8) is 0 Å². The fraction of sp³-hybridized carbons (Fsp3) is 0.500. The number of ether oxygens (including phenoxy) is 3. The summed E-state index contributed by atoms with van der Waals surface area (Å²) in [6.45, 7) is 13.1. The Kier molecular flexibility index (Phi) is 8.18. The van der Waals surface area contributed by atoms with E-state index < -0.39 is 0 Å². The zero-order valence-electron chi connectivity index (χ0n) is 18.2. The van der Waals surface area contributed by atoms with Crippen LogP contribution in [0.2, 0.25) is 0 Å². The Morgan fingerprint density at radius 3 is 2.04 bits per heavy atom. The number of hydrogen-bond donors (Lipinski definition) is 1. The van der Waals surface area contributed by atoms with E-state index in [2.05, 4.69) is 57.3 Å². The second-order valence-electron chi connectivity index (χ2n) is 7.88. The minimum absolute atomic E-state index is 0.0344. The summed E-state index contributed by atoms with van der Waals surface area (Å²) in [6, 6.07) is 12.5. The molecular weight excluding hydrogens is 350 g/mol. The number of rotatable bonds is 10. The lowest BCUT2D eigenvalue weighted by Gasteiger charge is -2.24. The summed E-state index contributed by atoms with van der Waals surface area (Å²) >= 11 is 0. The van der Waals surface area contributed by atoms with Gasteiger partial charge in [-0.2, -0.15) is 0 Å². The Morgan fingerprint density at radius 2 is 1.43 bits per heavy atom. The Balaban J connectivity index is 2.01. The molecule has 0 saturated heterocycles. The summed E-state index contributed by atoms with van der Waals surface area (Å²) < 4.78 is 17.8. The van der Waals surface area contributed by atoms with Crippen molar-refractivity contribution in [2.24, 2.45) is 0 Å². The molecule has 0 fully saturated rings. The van der Waals surface area contributed by atoms with Crippen LogP contribution in [0, 0.1) is 0 Å². The number of hydrogen-bond acceptors (Lipinski definition) is 4. The molecule has 0 unspecified atom stereocenters. The van der Waals surface area contributed by atoms with Gasteiger partial charge >= 0.3 is 0 Å². The lowest BCUT2D eigenvalue weighted by Crippen LogP contribution is -2.16. The van der Waals surface area contributed by atoms with Crippen molar-refractivity contribution >= 4 is 0 Å². The van der Waals surface area contributed by atoms with Gasteiger partial charge in [-0.3, -0.25) is 0 Å². The molecule has 2 aromatic rings. The Bertz CT molecular complexity index is 750. The van der Waals surface area contributed by atoms with E-state index in [0.717, 1.165) is 30.2 Å². The lowest BCUT2D eigenvalue weighted by molar-refractivity contribution is 0.206. The average molecular weight is 386 g/mol. The van der Waals surface area contributed by atoms with Gasteiger partial charge in [-0.15, -0.1) is 0 Å². The van der Waals surface area contributed by atoms with Crippen molar-refractivity contribution in [3.8, 4) is 17.2 Å². The quantitative estimate of drug-likeness (QED) is 0.576. The van der Waals surface area contributed by atoms with Crippen LogP contribution in [-0.4, -0.2) is 26.9 Å². The lowest BCUT2D eigenvalue weighted by atomic mass is 9.85. The molecule has 0 bridgehead atoms. The number of nitrogens with one attached hydrogen (secondary N) is 1. The van der Waals surface area contributed by atoms with Crippen LogP contribution in [0.15, 0.2) is 36.4 Å². The van der Waals surface area contributed by atoms with Gasteiger partial charge in [-0.05, 0) is 60.7 Å². The standard InChI is InChI=1S/C24H35NO3/c1-7-18-9-11-21(20(15-18)24(3,4)5)27-13-14-28-22-12-10-19(17-25-6)16-23(22)26-8-2/h9-12,15-16,25H,7-8,13-14,17H2,1-6H3. The van der Waals surface area contributed by atoms with Crippen molar-refractivity contribution in [1.82, 2.24) is 5.32 Å². The van der Waals surface area contributed by atoms with Gasteiger partial charge < -0.3 is 19.5 Å². The first kappa shape index (κ1) is 22.1. The van der Waals surface area contributed by atoms with Gasteiger partial charge in [0, 0.05) is 6.54 Å². The Labute approximate surface area is 170 Å². The molecule has 2 aromatic carbocycles. The maximum Gasteiger partial charge on any atom is 0.161 e. The van der Waals surface area contributed by atoms with E-state index in [0.29, 0.717) is 19.8 Å². The summed E-state index contributed by atoms with van der Waals surface area (Å²) in [4.78, 5) is 0. The third kappa shape index (κ3) is 6.16. The van der Waals surface area contributed by atoms with Crippen LogP contribution in [-0.2, 0) is 18.4 Å². The predicted molar refractivity (Wildman–Crippen MR) is 116 cm³/mol. The van der Waals surface area contributed by atoms with E-state index in [1.165, 1.54) is 16.7 Å². The van der Waals surface area contributed by atoms with E-state index in [4.69, 9.17) is 14.2 Å². The highest BCUT2D eigenvalue weighted by Crippen LogP contribution is 2.33. The fourth-order valence-electron chi connectivity index (χ4n) is 3.07. The molecule has 1 N–H and O–H groups in total. The molecule has 0 aliphatic rings. The first-order valence-electron chi connectivity index (χ1n) is 10.2. The molecular formula is C24H35NO3. The summed E-state index contributed by atoms with van der Waals surface area (Å²) in [5.74, 6) is 2.46. The van der Waals surface area contributed by atoms with Crippen LogP contribution in [0.4, 0.5) is 0 Å². The SMILES string of the molecule is CCOc1cc(CNC)ccc1OCCOc1ccc(CC)cc1C(C)(C)C. The summed E-state index contributed by atoms with van der Waals surface area (Å²) in [7, 11) is 1.93. The highest BCUT2D eigenvalue weighted by atomic mass is 16.5. The van der Waals surface area contributed by atoms with E-state index in [-0.39, 0.29) is 5.41 Å².